The molecule has 1 aliphatic heterocycles. The van der Waals surface area contributed by atoms with Crippen LogP contribution in [0.4, 0.5) is 5.69 Å². The molecule has 0 unspecified atom stereocenters. The Bertz CT molecular complexity index is 1170. The highest BCUT2D eigenvalue weighted by Gasteiger charge is 2.37. The lowest BCUT2D eigenvalue weighted by Crippen LogP contribution is -2.33. The molecule has 6 heteroatoms. The first-order valence-corrected chi connectivity index (χ1v) is 10.5. The molecule has 1 aromatic heterocycles. The van der Waals surface area contributed by atoms with Gasteiger partial charge in [-0.1, -0.05) is 31.2 Å². The molecule has 0 aliphatic carbocycles. The fraction of sp³-hybridized carbons (Fsp3) is 0.286. The monoisotopic (exact) mass is 382 g/mol. The smallest absolute Gasteiger partial charge is 0.265 e. The Labute approximate surface area is 159 Å². The largest absolute Gasteiger partial charge is 0.348 e. The third-order valence-electron chi connectivity index (χ3n) is 5.29. The first-order chi connectivity index (χ1) is 12.9. The fourth-order valence-corrected chi connectivity index (χ4v) is 5.66. The van der Waals surface area contributed by atoms with E-state index in [1.807, 2.05) is 38.1 Å². The highest BCUT2D eigenvalue weighted by Crippen LogP contribution is 2.42. The summed E-state index contributed by atoms with van der Waals surface area (Å²) in [4.78, 5) is 13.3. The highest BCUT2D eigenvalue weighted by molar-refractivity contribution is 7.93. The Morgan fingerprint density at radius 1 is 1.07 bits per heavy atom. The number of aromatic nitrogens is 1. The van der Waals surface area contributed by atoms with E-state index in [9.17, 15) is 13.2 Å². The van der Waals surface area contributed by atoms with Crippen LogP contribution in [0.25, 0.3) is 10.8 Å². The van der Waals surface area contributed by atoms with Gasteiger partial charge < -0.3 is 4.57 Å². The molecular weight excluding hydrogens is 360 g/mol. The standard InChI is InChI=1S/C21H22N2O3S/c1-4-11-22-14(2)12-17(15(22)3)19(24)13-23-18-9-5-7-16-8-6-10-20(21(16)18)27(23,25)26/h5-10,12H,4,11,13H2,1-3H3. The topological polar surface area (TPSA) is 59.4 Å². The number of carbonyl (C=O) groups excluding carboxylic acids is 1. The quantitative estimate of drug-likeness (QED) is 0.625. The van der Waals surface area contributed by atoms with Gasteiger partial charge in [-0.3, -0.25) is 9.10 Å². The van der Waals surface area contributed by atoms with Crippen LogP contribution in [0.1, 0.15) is 35.1 Å². The maximum atomic E-state index is 13.1. The van der Waals surface area contributed by atoms with E-state index in [1.54, 1.807) is 18.2 Å². The van der Waals surface area contributed by atoms with Crippen molar-refractivity contribution in [2.75, 3.05) is 10.8 Å². The number of hydrogen-bond donors (Lipinski definition) is 0. The first-order valence-electron chi connectivity index (χ1n) is 9.10. The van der Waals surface area contributed by atoms with Gasteiger partial charge in [0.15, 0.2) is 5.78 Å². The van der Waals surface area contributed by atoms with Gasteiger partial charge in [0.1, 0.15) is 0 Å². The zero-order valence-corrected chi connectivity index (χ0v) is 16.5. The Kier molecular flexibility index (Phi) is 4.11. The second-order valence-electron chi connectivity index (χ2n) is 7.00. The zero-order valence-electron chi connectivity index (χ0n) is 15.7. The highest BCUT2D eigenvalue weighted by atomic mass is 32.2. The summed E-state index contributed by atoms with van der Waals surface area (Å²) in [5, 5.41) is 1.56. The maximum absolute atomic E-state index is 13.1. The van der Waals surface area contributed by atoms with E-state index in [-0.39, 0.29) is 17.2 Å². The number of ketones is 1. The van der Waals surface area contributed by atoms with Crippen molar-refractivity contribution in [3.63, 3.8) is 0 Å². The molecule has 2 aromatic carbocycles. The number of benzene rings is 2. The van der Waals surface area contributed by atoms with Crippen LogP contribution < -0.4 is 4.31 Å². The van der Waals surface area contributed by atoms with Gasteiger partial charge in [0, 0.05) is 28.9 Å². The van der Waals surface area contributed by atoms with Crippen LogP contribution in [-0.2, 0) is 16.6 Å². The lowest BCUT2D eigenvalue weighted by Gasteiger charge is -2.18. The summed E-state index contributed by atoms with van der Waals surface area (Å²) in [5.41, 5.74) is 3.09. The van der Waals surface area contributed by atoms with Crippen molar-refractivity contribution in [1.29, 1.82) is 0 Å². The number of sulfonamides is 1. The normalized spacial score (nSPS) is 14.9. The summed E-state index contributed by atoms with van der Waals surface area (Å²) in [6.45, 7) is 6.64. The van der Waals surface area contributed by atoms with E-state index in [2.05, 4.69) is 11.5 Å². The lowest BCUT2D eigenvalue weighted by atomic mass is 10.1. The van der Waals surface area contributed by atoms with Crippen molar-refractivity contribution in [3.05, 3.63) is 59.4 Å². The third kappa shape index (κ3) is 2.58. The van der Waals surface area contributed by atoms with Crippen molar-refractivity contribution < 1.29 is 13.2 Å². The average molecular weight is 382 g/mol. The molecule has 2 heterocycles. The van der Waals surface area contributed by atoms with Crippen molar-refractivity contribution in [2.45, 2.75) is 38.6 Å². The molecule has 0 saturated carbocycles. The zero-order chi connectivity index (χ0) is 19.3. The number of Topliss-reactive ketones (excluding diaryl/α,β-unsaturated/α-hetero) is 1. The Morgan fingerprint density at radius 3 is 2.48 bits per heavy atom. The summed E-state index contributed by atoms with van der Waals surface area (Å²) in [6, 6.07) is 12.6. The van der Waals surface area contributed by atoms with E-state index in [0.29, 0.717) is 16.6 Å². The molecular formula is C21H22N2O3S. The molecule has 0 spiro atoms. The molecule has 0 radical (unpaired) electrons. The second kappa shape index (κ2) is 6.23. The molecule has 0 atom stereocenters. The summed E-state index contributed by atoms with van der Waals surface area (Å²) in [7, 11) is -3.72. The van der Waals surface area contributed by atoms with Crippen LogP contribution in [0.2, 0.25) is 0 Å². The second-order valence-corrected chi connectivity index (χ2v) is 8.83. The molecule has 140 valence electrons. The van der Waals surface area contributed by atoms with E-state index in [4.69, 9.17) is 0 Å². The number of anilines is 1. The van der Waals surface area contributed by atoms with Crippen LogP contribution in [0, 0.1) is 13.8 Å². The first kappa shape index (κ1) is 17.8. The van der Waals surface area contributed by atoms with Crippen LogP contribution in [0.3, 0.4) is 0 Å². The van der Waals surface area contributed by atoms with Crippen molar-refractivity contribution in [1.82, 2.24) is 4.57 Å². The molecule has 0 bridgehead atoms. The molecule has 4 rings (SSSR count). The molecule has 0 fully saturated rings. The fourth-order valence-electron chi connectivity index (χ4n) is 4.00. The summed E-state index contributed by atoms with van der Waals surface area (Å²) >= 11 is 0. The van der Waals surface area contributed by atoms with Crippen LogP contribution in [-0.4, -0.2) is 25.3 Å². The maximum Gasteiger partial charge on any atom is 0.265 e. The van der Waals surface area contributed by atoms with Gasteiger partial charge in [0.2, 0.25) is 0 Å². The number of rotatable bonds is 5. The minimum absolute atomic E-state index is 0.182. The molecule has 5 nitrogen and oxygen atoms in total. The predicted molar refractivity (Wildman–Crippen MR) is 107 cm³/mol. The van der Waals surface area contributed by atoms with Crippen LogP contribution >= 0.6 is 0 Å². The predicted octanol–water partition coefficient (Wildman–Crippen LogP) is 4.06. The number of nitrogens with zero attached hydrogens (tertiary/aromatic N) is 2. The van der Waals surface area contributed by atoms with Gasteiger partial charge in [-0.15, -0.1) is 0 Å². The molecule has 0 amide bonds. The van der Waals surface area contributed by atoms with Gasteiger partial charge >= 0.3 is 0 Å². The van der Waals surface area contributed by atoms with Gasteiger partial charge in [0.25, 0.3) is 10.0 Å². The van der Waals surface area contributed by atoms with Crippen molar-refractivity contribution in [2.24, 2.45) is 0 Å². The SMILES string of the molecule is CCCn1c(C)cc(C(=O)CN2c3cccc4cccc(c34)S2(=O)=O)c1C. The molecule has 0 N–H and O–H groups in total. The summed E-state index contributed by atoms with van der Waals surface area (Å²) < 4.78 is 29.5. The minimum Gasteiger partial charge on any atom is -0.348 e. The average Bonchev–Trinajstić information content (AvgIpc) is 3.04. The Balaban J connectivity index is 1.75. The van der Waals surface area contributed by atoms with Gasteiger partial charge in [-0.05, 0) is 43.9 Å². The molecule has 3 aromatic rings. The van der Waals surface area contributed by atoms with Crippen LogP contribution in [0.5, 0.6) is 0 Å². The van der Waals surface area contributed by atoms with E-state index in [0.717, 1.165) is 29.7 Å². The summed E-state index contributed by atoms with van der Waals surface area (Å²) in [5.74, 6) is -0.182. The molecule has 1 aliphatic rings. The summed E-state index contributed by atoms with van der Waals surface area (Å²) in [6.07, 6.45) is 0.974. The number of aryl methyl sites for hydroxylation is 1. The number of carbonyl (C=O) groups is 1. The lowest BCUT2D eigenvalue weighted by molar-refractivity contribution is 0.100. The minimum atomic E-state index is -3.72. The van der Waals surface area contributed by atoms with Crippen molar-refractivity contribution in [3.8, 4) is 0 Å². The third-order valence-corrected chi connectivity index (χ3v) is 7.09. The van der Waals surface area contributed by atoms with E-state index in [1.165, 1.54) is 4.31 Å². The van der Waals surface area contributed by atoms with E-state index < -0.39 is 10.0 Å². The van der Waals surface area contributed by atoms with Gasteiger partial charge in [-0.2, -0.15) is 0 Å². The Morgan fingerprint density at radius 2 is 1.78 bits per heavy atom. The molecule has 27 heavy (non-hydrogen) atoms. The number of hydrogen-bond acceptors (Lipinski definition) is 3. The van der Waals surface area contributed by atoms with Crippen molar-refractivity contribution >= 4 is 32.3 Å². The molecule has 0 saturated heterocycles. The Hall–Kier alpha value is -2.60. The van der Waals surface area contributed by atoms with Crippen LogP contribution in [0.15, 0.2) is 47.4 Å². The van der Waals surface area contributed by atoms with Gasteiger partial charge in [-0.25, -0.2) is 8.42 Å². The van der Waals surface area contributed by atoms with Gasteiger partial charge in [0.05, 0.1) is 17.1 Å². The van der Waals surface area contributed by atoms with E-state index >= 15 is 0 Å².